The summed E-state index contributed by atoms with van der Waals surface area (Å²) < 4.78 is 5.66. The second-order valence-electron chi connectivity index (χ2n) is 10.3. The van der Waals surface area contributed by atoms with Crippen molar-refractivity contribution in [3.05, 3.63) is 59.7 Å². The Morgan fingerprint density at radius 2 is 1.53 bits per heavy atom. The van der Waals surface area contributed by atoms with E-state index >= 15 is 0 Å². The average Bonchev–Trinajstić information content (AvgIpc) is 3.22. The summed E-state index contributed by atoms with van der Waals surface area (Å²) in [5.41, 5.74) is 4.33. The molecule has 0 aromatic heterocycles. The van der Waals surface area contributed by atoms with Crippen LogP contribution in [-0.4, -0.2) is 41.8 Å². The highest BCUT2D eigenvalue weighted by Crippen LogP contribution is 2.63. The second kappa shape index (κ2) is 7.86. The second-order valence-corrected chi connectivity index (χ2v) is 10.3. The molecule has 7 heteroatoms. The summed E-state index contributed by atoms with van der Waals surface area (Å²) in [5, 5.41) is 15.0. The van der Waals surface area contributed by atoms with E-state index < -0.39 is 17.5 Å². The normalized spacial score (nSPS) is 30.4. The molecule has 0 aliphatic heterocycles. The Balaban J connectivity index is 1.02. The monoisotopic (exact) mass is 460 g/mol. The molecule has 3 N–H and O–H groups in total. The first-order chi connectivity index (χ1) is 16.4. The first kappa shape index (κ1) is 21.2. The van der Waals surface area contributed by atoms with E-state index in [1.807, 2.05) is 24.3 Å². The number of hydrogen-bond donors (Lipinski definition) is 3. The van der Waals surface area contributed by atoms with Gasteiger partial charge >= 0.3 is 12.1 Å². The third kappa shape index (κ3) is 3.45. The van der Waals surface area contributed by atoms with E-state index in [4.69, 9.17) is 9.84 Å². The molecule has 34 heavy (non-hydrogen) atoms. The number of nitrogens with one attached hydrogen (secondary N) is 2. The van der Waals surface area contributed by atoms with Gasteiger partial charge in [0, 0.05) is 18.0 Å². The fraction of sp³-hybridized carbons (Fsp3) is 0.444. The van der Waals surface area contributed by atoms with Gasteiger partial charge in [-0.25, -0.2) is 4.79 Å². The minimum absolute atomic E-state index is 0.0168. The van der Waals surface area contributed by atoms with Gasteiger partial charge in [-0.2, -0.15) is 0 Å². The molecule has 3 unspecified atom stereocenters. The summed E-state index contributed by atoms with van der Waals surface area (Å²) >= 11 is 0. The number of carbonyl (C=O) groups excluding carboxylic acids is 2. The molecule has 0 saturated heterocycles. The van der Waals surface area contributed by atoms with Crippen molar-refractivity contribution >= 4 is 18.0 Å². The molecule has 2 aromatic carbocycles. The fourth-order valence-corrected chi connectivity index (χ4v) is 6.36. The third-order valence-electron chi connectivity index (χ3n) is 8.35. The Hall–Kier alpha value is -3.35. The minimum Gasteiger partial charge on any atom is -0.481 e. The van der Waals surface area contributed by atoms with Gasteiger partial charge in [-0.15, -0.1) is 0 Å². The van der Waals surface area contributed by atoms with Crippen LogP contribution in [0.2, 0.25) is 0 Å². The number of carbonyl (C=O) groups is 3. The molecule has 3 atom stereocenters. The fourth-order valence-electron chi connectivity index (χ4n) is 6.36. The predicted molar refractivity (Wildman–Crippen MR) is 124 cm³/mol. The third-order valence-corrected chi connectivity index (χ3v) is 8.35. The first-order valence-corrected chi connectivity index (χ1v) is 12.1. The molecule has 0 radical (unpaired) electrons. The number of benzene rings is 2. The van der Waals surface area contributed by atoms with Crippen LogP contribution in [0.1, 0.15) is 49.1 Å². The van der Waals surface area contributed by atoms with E-state index in [0.29, 0.717) is 19.3 Å². The summed E-state index contributed by atoms with van der Waals surface area (Å²) in [5.74, 6) is -0.820. The predicted octanol–water partition coefficient (Wildman–Crippen LogP) is 3.67. The van der Waals surface area contributed by atoms with Crippen LogP contribution in [0.3, 0.4) is 0 Å². The molecular formula is C27H28N2O5. The number of carboxylic acids is 1. The number of amides is 2. The van der Waals surface area contributed by atoms with Gasteiger partial charge in [-0.05, 0) is 60.3 Å². The van der Waals surface area contributed by atoms with Crippen molar-refractivity contribution in [2.24, 2.45) is 17.3 Å². The molecule has 0 heterocycles. The van der Waals surface area contributed by atoms with Crippen LogP contribution in [0.4, 0.5) is 4.79 Å². The van der Waals surface area contributed by atoms with E-state index in [0.717, 1.165) is 12.8 Å². The number of carboxylic acid groups (broad SMARTS) is 1. The highest BCUT2D eigenvalue weighted by Gasteiger charge is 2.65. The molecule has 0 bridgehead atoms. The lowest BCUT2D eigenvalue weighted by Gasteiger charge is -2.34. The zero-order chi connectivity index (χ0) is 23.4. The average molecular weight is 461 g/mol. The SMILES string of the molecule is O=C(NC1CC2CC2(C(=O)NC2CC(C(=O)O)C2)C1)OCC1c2ccccc2-c2ccccc21. The quantitative estimate of drug-likeness (QED) is 0.610. The van der Waals surface area contributed by atoms with Gasteiger partial charge in [0.25, 0.3) is 0 Å². The molecule has 2 aromatic rings. The Kier molecular flexibility index (Phi) is 4.90. The van der Waals surface area contributed by atoms with Crippen LogP contribution >= 0.6 is 0 Å². The Morgan fingerprint density at radius 1 is 0.882 bits per heavy atom. The van der Waals surface area contributed by atoms with E-state index in [-0.39, 0.29) is 42.4 Å². The van der Waals surface area contributed by atoms with Gasteiger partial charge in [0.1, 0.15) is 6.61 Å². The maximum Gasteiger partial charge on any atom is 0.407 e. The van der Waals surface area contributed by atoms with Crippen LogP contribution in [-0.2, 0) is 14.3 Å². The number of fused-ring (bicyclic) bond motifs is 4. The van der Waals surface area contributed by atoms with Crippen molar-refractivity contribution in [1.29, 1.82) is 0 Å². The smallest absolute Gasteiger partial charge is 0.407 e. The minimum atomic E-state index is -0.791. The van der Waals surface area contributed by atoms with Crippen LogP contribution < -0.4 is 10.6 Å². The van der Waals surface area contributed by atoms with Crippen LogP contribution in [0.5, 0.6) is 0 Å². The van der Waals surface area contributed by atoms with Crippen LogP contribution in [0, 0.1) is 17.3 Å². The molecule has 4 aliphatic rings. The van der Waals surface area contributed by atoms with Crippen LogP contribution in [0.25, 0.3) is 11.1 Å². The zero-order valence-electron chi connectivity index (χ0n) is 18.8. The molecule has 4 aliphatic carbocycles. The Bertz CT molecular complexity index is 1130. The summed E-state index contributed by atoms with van der Waals surface area (Å²) in [7, 11) is 0. The summed E-state index contributed by atoms with van der Waals surface area (Å²) in [6.07, 6.45) is 2.80. The standard InChI is InChI=1S/C27H28N2O5/c30-24(31)15-9-17(10-15)28-25(32)27-12-16(27)11-18(13-27)29-26(33)34-14-23-21-7-3-1-5-19(21)20-6-2-4-8-22(20)23/h1-8,15-18,23H,9-14H2,(H,28,32)(H,29,33)(H,30,31). The molecule has 6 rings (SSSR count). The molecule has 176 valence electrons. The Morgan fingerprint density at radius 3 is 2.18 bits per heavy atom. The summed E-state index contributed by atoms with van der Waals surface area (Å²) in [4.78, 5) is 36.4. The number of alkyl carbamates (subject to hydrolysis) is 1. The lowest BCUT2D eigenvalue weighted by atomic mass is 9.80. The van der Waals surface area contributed by atoms with Crippen molar-refractivity contribution in [2.75, 3.05) is 6.61 Å². The van der Waals surface area contributed by atoms with Crippen molar-refractivity contribution in [1.82, 2.24) is 10.6 Å². The van der Waals surface area contributed by atoms with E-state index in [1.54, 1.807) is 0 Å². The maximum absolute atomic E-state index is 12.9. The molecule has 3 saturated carbocycles. The molecule has 0 spiro atoms. The molecule has 7 nitrogen and oxygen atoms in total. The van der Waals surface area contributed by atoms with Gasteiger partial charge in [0.2, 0.25) is 5.91 Å². The molecule has 2 amide bonds. The lowest BCUT2D eigenvalue weighted by molar-refractivity contribution is -0.146. The van der Waals surface area contributed by atoms with Gasteiger partial charge in [-0.3, -0.25) is 9.59 Å². The van der Waals surface area contributed by atoms with E-state index in [2.05, 4.69) is 34.9 Å². The van der Waals surface area contributed by atoms with Crippen molar-refractivity contribution in [2.45, 2.75) is 50.1 Å². The number of ether oxygens (including phenoxy) is 1. The van der Waals surface area contributed by atoms with Crippen molar-refractivity contribution in [3.63, 3.8) is 0 Å². The highest BCUT2D eigenvalue weighted by atomic mass is 16.5. The van der Waals surface area contributed by atoms with Gasteiger partial charge in [0.15, 0.2) is 0 Å². The van der Waals surface area contributed by atoms with Crippen LogP contribution in [0.15, 0.2) is 48.5 Å². The highest BCUT2D eigenvalue weighted by molar-refractivity contribution is 5.87. The van der Waals surface area contributed by atoms with Crippen molar-refractivity contribution < 1.29 is 24.2 Å². The summed E-state index contributed by atoms with van der Waals surface area (Å²) in [6, 6.07) is 16.4. The van der Waals surface area contributed by atoms with Gasteiger partial charge in [0.05, 0.1) is 11.3 Å². The zero-order valence-corrected chi connectivity index (χ0v) is 18.8. The van der Waals surface area contributed by atoms with E-state index in [1.165, 1.54) is 22.3 Å². The summed E-state index contributed by atoms with van der Waals surface area (Å²) in [6.45, 7) is 0.272. The number of hydrogen-bond acceptors (Lipinski definition) is 4. The number of rotatable bonds is 6. The topological polar surface area (TPSA) is 105 Å². The van der Waals surface area contributed by atoms with Gasteiger partial charge < -0.3 is 20.5 Å². The molecular weight excluding hydrogens is 432 g/mol. The van der Waals surface area contributed by atoms with Gasteiger partial charge in [-0.1, -0.05) is 48.5 Å². The number of aliphatic carboxylic acids is 1. The van der Waals surface area contributed by atoms with Crippen molar-refractivity contribution in [3.8, 4) is 11.1 Å². The first-order valence-electron chi connectivity index (χ1n) is 12.1. The largest absolute Gasteiger partial charge is 0.481 e. The Labute approximate surface area is 197 Å². The van der Waals surface area contributed by atoms with E-state index in [9.17, 15) is 14.4 Å². The molecule has 3 fully saturated rings. The lowest BCUT2D eigenvalue weighted by Crippen LogP contribution is -2.49. The maximum atomic E-state index is 12.9.